The number of hydrogen-bond acceptors (Lipinski definition) is 15. The first-order valence-electron chi connectivity index (χ1n) is 24.6. The summed E-state index contributed by atoms with van der Waals surface area (Å²) in [5, 5.41) is 10.6. The molecule has 8 rings (SSSR count). The summed E-state index contributed by atoms with van der Waals surface area (Å²) < 4.78 is 26.2. The molecule has 21 heteroatoms. The zero-order chi connectivity index (χ0) is 52.4. The number of piperazine rings is 1. The molecule has 1 aliphatic carbocycles. The number of imide groups is 1. The molecule has 0 unspecified atom stereocenters. The lowest BCUT2D eigenvalue weighted by molar-refractivity contribution is -0.197. The molecule has 2 saturated heterocycles. The molecule has 2 atom stereocenters. The van der Waals surface area contributed by atoms with E-state index in [0.29, 0.717) is 103 Å². The summed E-state index contributed by atoms with van der Waals surface area (Å²) in [4.78, 5) is 101. The average molecular weight is 1050 g/mol. The average Bonchev–Trinajstić information content (AvgIpc) is 4.02. The van der Waals surface area contributed by atoms with Gasteiger partial charge in [0.2, 0.25) is 17.7 Å². The van der Waals surface area contributed by atoms with Crippen molar-refractivity contribution >= 4 is 80.1 Å². The van der Waals surface area contributed by atoms with Gasteiger partial charge in [0, 0.05) is 133 Å². The monoisotopic (exact) mass is 1050 g/mol. The highest BCUT2D eigenvalue weighted by Crippen LogP contribution is 2.54. The fourth-order valence-electron chi connectivity index (χ4n) is 8.82. The Hall–Kier alpha value is -7.00. The van der Waals surface area contributed by atoms with Crippen molar-refractivity contribution in [3.05, 3.63) is 113 Å². The van der Waals surface area contributed by atoms with Gasteiger partial charge in [-0.3, -0.25) is 33.8 Å². The van der Waals surface area contributed by atoms with E-state index in [0.717, 1.165) is 16.8 Å². The van der Waals surface area contributed by atoms with Gasteiger partial charge in [0.05, 0.1) is 25.3 Å². The van der Waals surface area contributed by atoms with E-state index in [2.05, 4.69) is 31.0 Å². The van der Waals surface area contributed by atoms with Gasteiger partial charge in [0.15, 0.2) is 0 Å². The Morgan fingerprint density at radius 2 is 1.72 bits per heavy atom. The second-order valence-corrected chi connectivity index (χ2v) is 22.4. The number of ether oxygens (including phenoxy) is 2. The van der Waals surface area contributed by atoms with Gasteiger partial charge >= 0.3 is 5.97 Å². The number of amides is 6. The van der Waals surface area contributed by atoms with Crippen molar-refractivity contribution in [2.24, 2.45) is 11.0 Å². The molecule has 4 heterocycles. The van der Waals surface area contributed by atoms with E-state index in [1.54, 1.807) is 76.4 Å². The number of hydrogen-bond donors (Lipinski definition) is 3. The molecular weight excluding hydrogens is 992 g/mol. The number of hydroxylamine groups is 2. The fourth-order valence-corrected chi connectivity index (χ4v) is 11.3. The lowest BCUT2D eigenvalue weighted by Crippen LogP contribution is -2.48. The third-order valence-corrected chi connectivity index (χ3v) is 16.5. The largest absolute Gasteiger partial charge is 0.493 e. The van der Waals surface area contributed by atoms with E-state index in [1.807, 2.05) is 49.9 Å². The number of anilines is 2. The Morgan fingerprint density at radius 3 is 2.45 bits per heavy atom. The molecule has 1 saturated carbocycles. The normalized spacial score (nSPS) is 18.8. The lowest BCUT2D eigenvalue weighted by atomic mass is 9.97. The predicted octanol–water partition coefficient (Wildman–Crippen LogP) is 6.73. The summed E-state index contributed by atoms with van der Waals surface area (Å²) in [5.41, 5.74) is 6.78. The minimum atomic E-state index is -0.693. The van der Waals surface area contributed by atoms with Crippen molar-refractivity contribution in [1.82, 2.24) is 25.7 Å². The highest BCUT2D eigenvalue weighted by Gasteiger charge is 2.55. The van der Waals surface area contributed by atoms with Crippen molar-refractivity contribution < 1.29 is 52.3 Å². The van der Waals surface area contributed by atoms with Crippen LogP contribution in [0.5, 0.6) is 11.5 Å². The number of nitrogens with one attached hydrogen (secondary N) is 3. The maximum absolute atomic E-state index is 15.1. The third kappa shape index (κ3) is 13.8. The van der Waals surface area contributed by atoms with E-state index in [1.165, 1.54) is 6.07 Å². The van der Waals surface area contributed by atoms with Gasteiger partial charge in [-0.05, 0) is 86.8 Å². The van der Waals surface area contributed by atoms with Crippen LogP contribution in [0.15, 0.2) is 90.3 Å². The van der Waals surface area contributed by atoms with Gasteiger partial charge in [0.25, 0.3) is 17.7 Å². The number of rotatable bonds is 21. The summed E-state index contributed by atoms with van der Waals surface area (Å²) in [6.45, 7) is 8.89. The van der Waals surface area contributed by atoms with Gasteiger partial charge in [0.1, 0.15) is 17.3 Å². The molecule has 3 aromatic carbocycles. The Morgan fingerprint density at radius 1 is 0.946 bits per heavy atom. The molecule has 3 aliphatic heterocycles. The lowest BCUT2D eigenvalue weighted by Gasteiger charge is -2.36. The van der Waals surface area contributed by atoms with Crippen LogP contribution in [0.25, 0.3) is 0 Å². The Bertz CT molecular complexity index is 2780. The Kier molecular flexibility index (Phi) is 17.2. The molecule has 18 nitrogen and oxygen atoms in total. The first-order chi connectivity index (χ1) is 35.5. The summed E-state index contributed by atoms with van der Waals surface area (Å²) in [6, 6.07) is 20.7. The molecule has 6 amide bonds. The van der Waals surface area contributed by atoms with Crippen molar-refractivity contribution in [3.8, 4) is 11.5 Å². The van der Waals surface area contributed by atoms with Gasteiger partial charge in [-0.25, -0.2) is 14.6 Å². The molecule has 0 radical (unpaired) electrons. The zero-order valence-electron chi connectivity index (χ0n) is 41.5. The van der Waals surface area contributed by atoms with Crippen LogP contribution in [0.2, 0.25) is 0 Å². The number of aromatic nitrogens is 1. The Balaban J connectivity index is 0.690. The van der Waals surface area contributed by atoms with E-state index >= 15 is 4.39 Å². The van der Waals surface area contributed by atoms with Gasteiger partial charge in [-0.2, -0.15) is 5.10 Å². The molecule has 3 N–H and O–H groups in total. The van der Waals surface area contributed by atoms with Crippen LogP contribution in [0.1, 0.15) is 99.2 Å². The molecule has 1 aromatic heterocycles. The van der Waals surface area contributed by atoms with Crippen LogP contribution in [0.4, 0.5) is 15.8 Å². The van der Waals surface area contributed by atoms with Crippen molar-refractivity contribution in [1.29, 1.82) is 0 Å². The van der Waals surface area contributed by atoms with E-state index in [9.17, 15) is 33.6 Å². The maximum atomic E-state index is 15.1. The zero-order valence-corrected chi connectivity index (χ0v) is 43.1. The number of hydrazone groups is 1. The molecule has 4 aliphatic rings. The summed E-state index contributed by atoms with van der Waals surface area (Å²) in [6.07, 6.45) is 5.53. The SMILES string of the molecule is CC(C)(CC(=O)N/N=C1\CCOc2cc(OCCCC(=O)ON3C(=O)CCC3=O)ccc21)SSCCC(=O)N1CCN(c2ccc(C(=O)NCc3ccc(NC(=O)[C@@H]4C[C@]4(C)c4cccnc4)cc3F)cc2)CC1. The molecule has 4 aromatic rings. The molecule has 74 heavy (non-hydrogen) atoms. The number of halogens is 1. The van der Waals surface area contributed by atoms with Crippen LogP contribution >= 0.6 is 21.6 Å². The minimum Gasteiger partial charge on any atom is -0.493 e. The van der Waals surface area contributed by atoms with Gasteiger partial charge in [-0.15, -0.1) is 5.06 Å². The molecule has 3 fully saturated rings. The second kappa shape index (κ2) is 23.9. The number of pyridine rings is 1. The van der Waals surface area contributed by atoms with Crippen molar-refractivity contribution in [2.45, 2.75) is 88.8 Å². The number of benzene rings is 3. The number of fused-ring (bicyclic) bond motifs is 1. The quantitative estimate of drug-likeness (QED) is 0.0342. The topological polar surface area (TPSA) is 218 Å². The number of nitrogens with zero attached hydrogens (tertiary/aromatic N) is 5. The fraction of sp³-hybridized carbons (Fsp3) is 0.415. The van der Waals surface area contributed by atoms with Crippen LogP contribution < -0.4 is 30.4 Å². The van der Waals surface area contributed by atoms with Crippen LogP contribution in [-0.4, -0.2) is 112 Å². The van der Waals surface area contributed by atoms with Crippen LogP contribution in [0, 0.1) is 11.7 Å². The first kappa shape index (κ1) is 53.3. The summed E-state index contributed by atoms with van der Waals surface area (Å²) in [5.74, 6) is -1.57. The summed E-state index contributed by atoms with van der Waals surface area (Å²) in [7, 11) is 3.11. The molecule has 0 spiro atoms. The smallest absolute Gasteiger partial charge is 0.333 e. The van der Waals surface area contributed by atoms with Crippen molar-refractivity contribution in [3.63, 3.8) is 0 Å². The number of carbonyl (C=O) groups excluding carboxylic acids is 7. The summed E-state index contributed by atoms with van der Waals surface area (Å²) >= 11 is 0. The van der Waals surface area contributed by atoms with Crippen LogP contribution in [0.3, 0.4) is 0 Å². The molecular formula is C53H59FN8O10S2. The molecule has 0 bridgehead atoms. The molecule has 390 valence electrons. The van der Waals surface area contributed by atoms with Gasteiger partial charge < -0.3 is 34.7 Å². The van der Waals surface area contributed by atoms with Gasteiger partial charge in [-0.1, -0.05) is 40.6 Å². The van der Waals surface area contributed by atoms with Crippen molar-refractivity contribution in [2.75, 3.05) is 55.4 Å². The predicted molar refractivity (Wildman–Crippen MR) is 278 cm³/mol. The minimum absolute atomic E-state index is 0.0258. The highest BCUT2D eigenvalue weighted by molar-refractivity contribution is 8.77. The Labute approximate surface area is 436 Å². The van der Waals surface area contributed by atoms with E-state index < -0.39 is 28.3 Å². The van der Waals surface area contributed by atoms with E-state index in [4.69, 9.17) is 14.3 Å². The van der Waals surface area contributed by atoms with E-state index in [-0.39, 0.29) is 73.8 Å². The first-order valence-corrected chi connectivity index (χ1v) is 26.9. The van der Waals surface area contributed by atoms with Crippen LogP contribution in [-0.2, 0) is 45.6 Å². The maximum Gasteiger partial charge on any atom is 0.333 e. The highest BCUT2D eigenvalue weighted by atomic mass is 33.1. The second-order valence-electron chi connectivity index (χ2n) is 19.2. The number of carbonyl (C=O) groups is 7. The standard InChI is InChI=1S/C53H59FN8O10S2/c1-52(2,31-45(63)59-58-43-18-26-71-44-29-39(14-15-40(43)44)70-25-5-7-49(67)72-62-47(65)16-17-48(62)66)74-73-27-19-46(64)61-23-21-60(22-24-61)38-12-9-34(10-13-38)50(68)56-32-35-8-11-37(28-42(35)54)57-51(69)41-30-53(41,3)36-6-4-20-55-33-36/h4,6,8-15,20,28-29,33,41H,5,7,16-19,21-27,30-32H2,1-3H3,(H,56,68)(H,57,69)(H,59,63)/b58-43+/t41-,53+/m0/s1. The third-order valence-electron chi connectivity index (χ3n) is 13.2.